The highest BCUT2D eigenvalue weighted by Crippen LogP contribution is 2.37. The van der Waals surface area contributed by atoms with Crippen LogP contribution in [0.25, 0.3) is 0 Å². The van der Waals surface area contributed by atoms with Crippen LogP contribution in [0.2, 0.25) is 0 Å². The first-order chi connectivity index (χ1) is 12.7. The number of carbonyl (C=O) groups excluding carboxylic acids is 2. The Morgan fingerprint density at radius 2 is 2.00 bits per heavy atom. The van der Waals surface area contributed by atoms with Gasteiger partial charge in [0, 0.05) is 12.3 Å². The highest BCUT2D eigenvalue weighted by atomic mass is 16.2. The Morgan fingerprint density at radius 1 is 1.23 bits per heavy atom. The molecule has 7 nitrogen and oxygen atoms in total. The Bertz CT molecular complexity index is 805. The van der Waals surface area contributed by atoms with Gasteiger partial charge in [0.25, 0.3) is 0 Å². The van der Waals surface area contributed by atoms with Gasteiger partial charge in [0.2, 0.25) is 0 Å². The summed E-state index contributed by atoms with van der Waals surface area (Å²) < 4.78 is 1.55. The molecule has 1 aromatic heterocycles. The second kappa shape index (κ2) is 8.30. The molecule has 1 aromatic carbocycles. The fraction of sp³-hybridized carbons (Fsp3) is 0.368. The highest BCUT2D eigenvalue weighted by molar-refractivity contribution is 6.39. The van der Waals surface area contributed by atoms with E-state index < -0.39 is 11.8 Å². The summed E-state index contributed by atoms with van der Waals surface area (Å²) in [6, 6.07) is 13.2. The third-order valence-electron chi connectivity index (χ3n) is 4.61. The van der Waals surface area contributed by atoms with Crippen molar-refractivity contribution in [2.24, 2.45) is 5.92 Å². The third kappa shape index (κ3) is 4.28. The molecule has 1 saturated carbocycles. The van der Waals surface area contributed by atoms with Gasteiger partial charge in [0.15, 0.2) is 5.82 Å². The molecule has 0 aliphatic heterocycles. The fourth-order valence-electron chi connectivity index (χ4n) is 3.00. The lowest BCUT2D eigenvalue weighted by atomic mass is 9.77. The number of aromatic nitrogens is 2. The number of aryl methyl sites for hydroxylation is 1. The number of hydrogen-bond acceptors (Lipinski definition) is 4. The Balaban J connectivity index is 1.61. The molecule has 0 saturated heterocycles. The van der Waals surface area contributed by atoms with E-state index in [-0.39, 0.29) is 6.04 Å². The minimum absolute atomic E-state index is 0.156. The second-order valence-electron chi connectivity index (χ2n) is 6.38. The Kier molecular flexibility index (Phi) is 5.64. The topological polar surface area (TPSA) is 99.8 Å². The molecule has 1 heterocycles. The van der Waals surface area contributed by atoms with E-state index >= 15 is 0 Å². The van der Waals surface area contributed by atoms with Gasteiger partial charge < -0.3 is 10.6 Å². The van der Waals surface area contributed by atoms with Crippen LogP contribution in [0.15, 0.2) is 42.6 Å². The number of amides is 2. The van der Waals surface area contributed by atoms with E-state index in [4.69, 9.17) is 5.26 Å². The number of nitriles is 1. The van der Waals surface area contributed by atoms with Crippen molar-refractivity contribution in [1.82, 2.24) is 15.1 Å². The number of nitrogens with zero attached hydrogens (tertiary/aromatic N) is 3. The maximum Gasteiger partial charge on any atom is 0.314 e. The molecule has 0 bridgehead atoms. The summed E-state index contributed by atoms with van der Waals surface area (Å²) in [5, 5.41) is 18.1. The minimum atomic E-state index is -0.740. The zero-order chi connectivity index (χ0) is 18.4. The Labute approximate surface area is 152 Å². The summed E-state index contributed by atoms with van der Waals surface area (Å²) in [5.41, 5.74) is 1.01. The van der Waals surface area contributed by atoms with E-state index in [0.717, 1.165) is 24.8 Å². The summed E-state index contributed by atoms with van der Waals surface area (Å²) in [4.78, 5) is 24.6. The Morgan fingerprint density at radius 3 is 2.65 bits per heavy atom. The average Bonchev–Trinajstić information content (AvgIpc) is 3.05. The van der Waals surface area contributed by atoms with Gasteiger partial charge >= 0.3 is 11.8 Å². The van der Waals surface area contributed by atoms with Gasteiger partial charge in [0.1, 0.15) is 0 Å². The SMILES string of the molecule is N#CCCn1ccc(NC(=O)C(=O)N[C@H](c2ccccc2)C2CCC2)n1. The summed E-state index contributed by atoms with van der Waals surface area (Å²) in [6.45, 7) is 0.441. The quantitative estimate of drug-likeness (QED) is 0.781. The van der Waals surface area contributed by atoms with Gasteiger partial charge in [-0.1, -0.05) is 36.8 Å². The standard InChI is InChI=1S/C19H21N5O2/c20-11-5-12-24-13-10-16(23-24)21-18(25)19(26)22-17(15-8-4-9-15)14-6-2-1-3-7-14/h1-3,6-7,10,13,15,17H,4-5,8-9,12H2,(H,22,26)(H,21,23,25)/t17-/m1/s1. The van der Waals surface area contributed by atoms with Crippen molar-refractivity contribution >= 4 is 17.6 Å². The maximum atomic E-state index is 12.4. The molecule has 26 heavy (non-hydrogen) atoms. The molecule has 0 spiro atoms. The predicted octanol–water partition coefficient (Wildman–Crippen LogP) is 2.39. The van der Waals surface area contributed by atoms with Crippen LogP contribution in [0.4, 0.5) is 5.82 Å². The number of anilines is 1. The molecule has 1 atom stereocenters. The number of benzene rings is 1. The zero-order valence-corrected chi connectivity index (χ0v) is 14.4. The van der Waals surface area contributed by atoms with Crippen molar-refractivity contribution in [2.75, 3.05) is 5.32 Å². The van der Waals surface area contributed by atoms with E-state index in [1.807, 2.05) is 36.4 Å². The lowest BCUT2D eigenvalue weighted by molar-refractivity contribution is -0.137. The van der Waals surface area contributed by atoms with E-state index in [2.05, 4.69) is 15.7 Å². The largest absolute Gasteiger partial charge is 0.341 e. The van der Waals surface area contributed by atoms with Crippen molar-refractivity contribution in [3.8, 4) is 6.07 Å². The van der Waals surface area contributed by atoms with E-state index in [9.17, 15) is 9.59 Å². The molecule has 1 aliphatic carbocycles. The van der Waals surface area contributed by atoms with Crippen molar-refractivity contribution < 1.29 is 9.59 Å². The molecule has 2 N–H and O–H groups in total. The molecule has 2 amide bonds. The summed E-state index contributed by atoms with van der Waals surface area (Å²) >= 11 is 0. The number of rotatable bonds is 6. The normalized spacial score (nSPS) is 14.7. The van der Waals surface area contributed by atoms with Crippen LogP contribution in [0, 0.1) is 17.2 Å². The Hall–Kier alpha value is -3.14. The molecule has 3 rings (SSSR count). The first-order valence-corrected chi connectivity index (χ1v) is 8.74. The molecule has 1 fully saturated rings. The summed E-state index contributed by atoms with van der Waals surface area (Å²) in [7, 11) is 0. The number of carbonyl (C=O) groups is 2. The van der Waals surface area contributed by atoms with Crippen LogP contribution in [-0.4, -0.2) is 21.6 Å². The molecular weight excluding hydrogens is 330 g/mol. The summed E-state index contributed by atoms with van der Waals surface area (Å²) in [5.74, 6) is -0.754. The predicted molar refractivity (Wildman–Crippen MR) is 95.8 cm³/mol. The van der Waals surface area contributed by atoms with Gasteiger partial charge in [0.05, 0.1) is 25.1 Å². The van der Waals surface area contributed by atoms with Gasteiger partial charge in [-0.05, 0) is 24.3 Å². The molecule has 0 radical (unpaired) electrons. The van der Waals surface area contributed by atoms with Crippen molar-refractivity contribution in [3.05, 3.63) is 48.2 Å². The van der Waals surface area contributed by atoms with Crippen molar-refractivity contribution in [2.45, 2.75) is 38.3 Å². The smallest absolute Gasteiger partial charge is 0.314 e. The number of nitrogens with one attached hydrogen (secondary N) is 2. The van der Waals surface area contributed by atoms with Crippen LogP contribution in [0.3, 0.4) is 0 Å². The van der Waals surface area contributed by atoms with Gasteiger partial charge in [-0.25, -0.2) is 0 Å². The number of hydrogen-bond donors (Lipinski definition) is 2. The first kappa shape index (κ1) is 17.7. The van der Waals surface area contributed by atoms with Crippen molar-refractivity contribution in [1.29, 1.82) is 5.26 Å². The van der Waals surface area contributed by atoms with Crippen LogP contribution >= 0.6 is 0 Å². The average molecular weight is 351 g/mol. The fourth-order valence-corrected chi connectivity index (χ4v) is 3.00. The monoisotopic (exact) mass is 351 g/mol. The van der Waals surface area contributed by atoms with E-state index in [1.54, 1.807) is 16.9 Å². The molecule has 2 aromatic rings. The van der Waals surface area contributed by atoms with Gasteiger partial charge in [-0.2, -0.15) is 10.4 Å². The maximum absolute atomic E-state index is 12.4. The van der Waals surface area contributed by atoms with E-state index in [0.29, 0.717) is 24.7 Å². The van der Waals surface area contributed by atoms with Gasteiger partial charge in [-0.15, -0.1) is 0 Å². The van der Waals surface area contributed by atoms with Crippen LogP contribution in [-0.2, 0) is 16.1 Å². The molecule has 1 aliphatic rings. The van der Waals surface area contributed by atoms with Gasteiger partial charge in [-0.3, -0.25) is 14.3 Å². The highest BCUT2D eigenvalue weighted by Gasteiger charge is 2.31. The lowest BCUT2D eigenvalue weighted by Crippen LogP contribution is -2.42. The zero-order valence-electron chi connectivity index (χ0n) is 14.4. The summed E-state index contributed by atoms with van der Waals surface area (Å²) in [6.07, 6.45) is 5.23. The lowest BCUT2D eigenvalue weighted by Gasteiger charge is -2.34. The van der Waals surface area contributed by atoms with E-state index in [1.165, 1.54) is 0 Å². The molecular formula is C19H21N5O2. The first-order valence-electron chi connectivity index (χ1n) is 8.74. The van der Waals surface area contributed by atoms with Crippen LogP contribution in [0.1, 0.15) is 37.3 Å². The van der Waals surface area contributed by atoms with Crippen LogP contribution < -0.4 is 10.6 Å². The molecule has 0 unspecified atom stereocenters. The molecule has 7 heteroatoms. The third-order valence-corrected chi connectivity index (χ3v) is 4.61. The minimum Gasteiger partial charge on any atom is -0.341 e. The molecule has 134 valence electrons. The van der Waals surface area contributed by atoms with Crippen molar-refractivity contribution in [3.63, 3.8) is 0 Å². The second-order valence-corrected chi connectivity index (χ2v) is 6.38. The van der Waals surface area contributed by atoms with Crippen LogP contribution in [0.5, 0.6) is 0 Å².